The topological polar surface area (TPSA) is 66.8 Å². The van der Waals surface area contributed by atoms with E-state index in [0.717, 1.165) is 21.9 Å². The van der Waals surface area contributed by atoms with Crippen molar-refractivity contribution in [3.05, 3.63) is 113 Å². The maximum absolute atomic E-state index is 13.6. The number of aliphatic hydroxyl groups excluding tert-OH is 1. The Labute approximate surface area is 229 Å². The largest absolute Gasteiger partial charge is 0.507 e. The van der Waals surface area contributed by atoms with Gasteiger partial charge in [-0.05, 0) is 65.4 Å². The molecule has 5 rings (SSSR count). The van der Waals surface area contributed by atoms with Crippen LogP contribution in [-0.4, -0.2) is 22.9 Å². The Morgan fingerprint density at radius 2 is 1.49 bits per heavy atom. The summed E-state index contributed by atoms with van der Waals surface area (Å²) < 4.78 is 5.77. The summed E-state index contributed by atoms with van der Waals surface area (Å²) >= 11 is 0. The average molecular weight is 520 g/mol. The van der Waals surface area contributed by atoms with Crippen LogP contribution in [-0.2, 0) is 15.0 Å². The first-order valence-corrected chi connectivity index (χ1v) is 13.2. The Kier molecular flexibility index (Phi) is 6.77. The van der Waals surface area contributed by atoms with E-state index in [-0.39, 0.29) is 22.9 Å². The summed E-state index contributed by atoms with van der Waals surface area (Å²) in [5.41, 5.74) is 2.95. The molecule has 1 N–H and O–H groups in total. The van der Waals surface area contributed by atoms with E-state index in [1.54, 1.807) is 30.3 Å². The van der Waals surface area contributed by atoms with Gasteiger partial charge in [0.25, 0.3) is 11.7 Å². The van der Waals surface area contributed by atoms with E-state index in [1.165, 1.54) is 4.90 Å². The number of ketones is 1. The third-order valence-electron chi connectivity index (χ3n) is 7.07. The predicted octanol–water partition coefficient (Wildman–Crippen LogP) is 7.55. The second kappa shape index (κ2) is 10.1. The number of hydrogen-bond donors (Lipinski definition) is 1. The Balaban J connectivity index is 1.70. The third-order valence-corrected chi connectivity index (χ3v) is 7.07. The number of anilines is 1. The fourth-order valence-corrected chi connectivity index (χ4v) is 5.11. The summed E-state index contributed by atoms with van der Waals surface area (Å²) in [5, 5.41) is 13.4. The quantitative estimate of drug-likeness (QED) is 0.168. The van der Waals surface area contributed by atoms with Gasteiger partial charge in [0.05, 0.1) is 17.7 Å². The van der Waals surface area contributed by atoms with E-state index in [0.29, 0.717) is 17.0 Å². The molecule has 0 spiro atoms. The number of fused-ring (bicyclic) bond motifs is 1. The van der Waals surface area contributed by atoms with Crippen LogP contribution in [0.2, 0.25) is 0 Å². The number of aliphatic hydroxyl groups is 1. The monoisotopic (exact) mass is 519 g/mol. The van der Waals surface area contributed by atoms with Gasteiger partial charge in [-0.3, -0.25) is 14.5 Å². The first-order valence-electron chi connectivity index (χ1n) is 13.2. The molecule has 4 aromatic carbocycles. The number of hydrogen-bond acceptors (Lipinski definition) is 4. The molecule has 1 amide bonds. The molecule has 5 heteroatoms. The first kappa shape index (κ1) is 26.2. The lowest BCUT2D eigenvalue weighted by atomic mass is 9.85. The molecule has 0 radical (unpaired) electrons. The molecule has 1 aliphatic rings. The molecule has 5 nitrogen and oxygen atoms in total. The van der Waals surface area contributed by atoms with Crippen LogP contribution in [0.15, 0.2) is 96.6 Å². The van der Waals surface area contributed by atoms with Gasteiger partial charge in [0.15, 0.2) is 0 Å². The average Bonchev–Trinajstić information content (AvgIpc) is 3.18. The summed E-state index contributed by atoms with van der Waals surface area (Å²) in [6, 6.07) is 27.5. The highest BCUT2D eigenvalue weighted by molar-refractivity contribution is 6.51. The first-order chi connectivity index (χ1) is 18.6. The van der Waals surface area contributed by atoms with Crippen LogP contribution in [0.3, 0.4) is 0 Å². The molecule has 1 fully saturated rings. The SMILES string of the molecule is CC(C)Oc1ccc(N2C(=O)C(=O)/C(=C(\O)c3cccc4ccccc34)C2c2ccc(C(C)(C)C)cc2)cc1. The van der Waals surface area contributed by atoms with E-state index in [1.807, 2.05) is 74.5 Å². The van der Waals surface area contributed by atoms with Gasteiger partial charge in [-0.1, -0.05) is 87.5 Å². The van der Waals surface area contributed by atoms with Crippen molar-refractivity contribution in [2.75, 3.05) is 4.90 Å². The Morgan fingerprint density at radius 3 is 2.13 bits per heavy atom. The molecule has 0 bridgehead atoms. The van der Waals surface area contributed by atoms with Crippen LogP contribution in [0.4, 0.5) is 5.69 Å². The van der Waals surface area contributed by atoms with Crippen LogP contribution in [0.1, 0.15) is 57.4 Å². The molecule has 1 aliphatic heterocycles. The second-order valence-corrected chi connectivity index (χ2v) is 11.2. The third kappa shape index (κ3) is 4.92. The van der Waals surface area contributed by atoms with Gasteiger partial charge < -0.3 is 9.84 Å². The predicted molar refractivity (Wildman–Crippen MR) is 156 cm³/mol. The highest BCUT2D eigenvalue weighted by Gasteiger charge is 2.47. The minimum atomic E-state index is -0.796. The maximum atomic E-state index is 13.6. The van der Waals surface area contributed by atoms with Crippen LogP contribution in [0.25, 0.3) is 16.5 Å². The van der Waals surface area contributed by atoms with Crippen molar-refractivity contribution >= 4 is 33.9 Å². The normalized spacial score (nSPS) is 17.3. The number of nitrogens with zero attached hydrogens (tertiary/aromatic N) is 1. The highest BCUT2D eigenvalue weighted by atomic mass is 16.5. The molecule has 0 saturated carbocycles. The van der Waals surface area contributed by atoms with Crippen molar-refractivity contribution < 1.29 is 19.4 Å². The minimum Gasteiger partial charge on any atom is -0.507 e. The van der Waals surface area contributed by atoms with Gasteiger partial charge >= 0.3 is 0 Å². The molecule has 198 valence electrons. The van der Waals surface area contributed by atoms with Gasteiger partial charge in [-0.15, -0.1) is 0 Å². The van der Waals surface area contributed by atoms with Crippen LogP contribution >= 0.6 is 0 Å². The zero-order chi connectivity index (χ0) is 27.9. The van der Waals surface area contributed by atoms with Gasteiger partial charge in [0.1, 0.15) is 11.5 Å². The molecule has 0 aliphatic carbocycles. The number of ether oxygens (including phenoxy) is 1. The number of carbonyl (C=O) groups excluding carboxylic acids is 2. The summed E-state index contributed by atoms with van der Waals surface area (Å²) in [6.45, 7) is 10.3. The van der Waals surface area contributed by atoms with E-state index in [9.17, 15) is 14.7 Å². The fraction of sp³-hybridized carbons (Fsp3) is 0.235. The lowest BCUT2D eigenvalue weighted by Gasteiger charge is -2.27. The van der Waals surface area contributed by atoms with Crippen molar-refractivity contribution in [3.8, 4) is 5.75 Å². The molecular formula is C34H33NO4. The van der Waals surface area contributed by atoms with Crippen LogP contribution < -0.4 is 9.64 Å². The number of Topliss-reactive ketones (excluding diaryl/α,β-unsaturated/α-hetero) is 1. The molecule has 1 unspecified atom stereocenters. The highest BCUT2D eigenvalue weighted by Crippen LogP contribution is 2.43. The standard InChI is InChI=1S/C34H33NO4/c1-21(2)39-26-19-17-25(18-20-26)35-30(23-13-15-24(16-14-23)34(3,4)5)29(32(37)33(35)38)31(36)28-12-8-10-22-9-6-7-11-27(22)28/h6-21,30,36H,1-5H3/b31-29-. The van der Waals surface area contributed by atoms with Crippen molar-refractivity contribution in [1.82, 2.24) is 0 Å². The summed E-state index contributed by atoms with van der Waals surface area (Å²) in [5.74, 6) is -0.906. The van der Waals surface area contributed by atoms with E-state index >= 15 is 0 Å². The van der Waals surface area contributed by atoms with Crippen LogP contribution in [0.5, 0.6) is 5.75 Å². The Morgan fingerprint density at radius 1 is 0.846 bits per heavy atom. The molecular weight excluding hydrogens is 486 g/mol. The van der Waals surface area contributed by atoms with Crippen LogP contribution in [0, 0.1) is 0 Å². The second-order valence-electron chi connectivity index (χ2n) is 11.2. The minimum absolute atomic E-state index is 0.00658. The zero-order valence-electron chi connectivity index (χ0n) is 22.9. The Hall–Kier alpha value is -4.38. The van der Waals surface area contributed by atoms with Gasteiger partial charge in [0, 0.05) is 11.3 Å². The lowest BCUT2D eigenvalue weighted by Crippen LogP contribution is -2.29. The van der Waals surface area contributed by atoms with E-state index in [2.05, 4.69) is 20.8 Å². The molecule has 39 heavy (non-hydrogen) atoms. The van der Waals surface area contributed by atoms with Crippen molar-refractivity contribution in [1.29, 1.82) is 0 Å². The molecule has 1 atom stereocenters. The fourth-order valence-electron chi connectivity index (χ4n) is 5.11. The Bertz CT molecular complexity index is 1570. The van der Waals surface area contributed by atoms with Gasteiger partial charge in [-0.25, -0.2) is 0 Å². The smallest absolute Gasteiger partial charge is 0.300 e. The number of carbonyl (C=O) groups is 2. The molecule has 1 heterocycles. The maximum Gasteiger partial charge on any atom is 0.300 e. The molecule has 4 aromatic rings. The zero-order valence-corrected chi connectivity index (χ0v) is 22.9. The lowest BCUT2D eigenvalue weighted by molar-refractivity contribution is -0.132. The van der Waals surface area contributed by atoms with Crippen molar-refractivity contribution in [2.45, 2.75) is 52.2 Å². The number of benzene rings is 4. The summed E-state index contributed by atoms with van der Waals surface area (Å²) in [6.07, 6.45) is 0.00658. The van der Waals surface area contributed by atoms with Crippen molar-refractivity contribution in [2.24, 2.45) is 0 Å². The summed E-state index contributed by atoms with van der Waals surface area (Å²) in [7, 11) is 0. The van der Waals surface area contributed by atoms with Gasteiger partial charge in [-0.2, -0.15) is 0 Å². The van der Waals surface area contributed by atoms with E-state index < -0.39 is 17.7 Å². The van der Waals surface area contributed by atoms with Crippen molar-refractivity contribution in [3.63, 3.8) is 0 Å². The molecule has 1 saturated heterocycles. The number of rotatable bonds is 5. The molecule has 0 aromatic heterocycles. The number of amides is 1. The van der Waals surface area contributed by atoms with E-state index in [4.69, 9.17) is 4.74 Å². The van der Waals surface area contributed by atoms with Gasteiger partial charge in [0.2, 0.25) is 0 Å². The summed E-state index contributed by atoms with van der Waals surface area (Å²) in [4.78, 5) is 28.7.